The van der Waals surface area contributed by atoms with Crippen molar-refractivity contribution in [2.24, 2.45) is 0 Å². The lowest BCUT2D eigenvalue weighted by atomic mass is 10.3. The van der Waals surface area contributed by atoms with E-state index < -0.39 is 0 Å². The van der Waals surface area contributed by atoms with Crippen molar-refractivity contribution in [2.75, 3.05) is 19.5 Å². The molecule has 0 aliphatic heterocycles. The Morgan fingerprint density at radius 3 is 2.84 bits per heavy atom. The summed E-state index contributed by atoms with van der Waals surface area (Å²) in [5.74, 6) is 0.389. The minimum absolute atomic E-state index is 0.367. The second kappa shape index (κ2) is 5.71. The summed E-state index contributed by atoms with van der Waals surface area (Å²) >= 11 is 1.26. The first kappa shape index (κ1) is 13.4. The number of ether oxygens (including phenoxy) is 2. The molecule has 1 aromatic carbocycles. The van der Waals surface area contributed by atoms with Crippen molar-refractivity contribution >= 4 is 28.1 Å². The second-order valence-corrected chi connectivity index (χ2v) is 4.78. The van der Waals surface area contributed by atoms with Crippen molar-refractivity contribution < 1.29 is 14.3 Å². The first-order chi connectivity index (χ1) is 9.13. The zero-order chi connectivity index (χ0) is 13.8. The molecule has 1 aromatic heterocycles. The molecule has 0 spiro atoms. The molecule has 5 nitrogen and oxygen atoms in total. The van der Waals surface area contributed by atoms with Crippen molar-refractivity contribution in [3.8, 4) is 5.75 Å². The van der Waals surface area contributed by atoms with E-state index in [0.29, 0.717) is 15.7 Å². The molecule has 0 aliphatic rings. The van der Waals surface area contributed by atoms with Gasteiger partial charge in [-0.1, -0.05) is 17.4 Å². The van der Waals surface area contributed by atoms with Crippen LogP contribution in [0.1, 0.15) is 15.4 Å². The lowest BCUT2D eigenvalue weighted by molar-refractivity contribution is 0.0605. The summed E-state index contributed by atoms with van der Waals surface area (Å²) in [4.78, 5) is 16.3. The predicted molar refractivity (Wildman–Crippen MR) is 74.5 cm³/mol. The summed E-state index contributed by atoms with van der Waals surface area (Å²) in [6.45, 7) is 1.78. The third kappa shape index (κ3) is 3.03. The minimum atomic E-state index is -0.367. The Hall–Kier alpha value is -2.08. The maximum atomic E-state index is 11.5. The number of hydrogen-bond donors (Lipinski definition) is 1. The number of rotatable bonds is 4. The molecule has 1 heterocycles. The first-order valence-electron chi connectivity index (χ1n) is 5.61. The molecule has 0 unspecified atom stereocenters. The molecule has 0 radical (unpaired) electrons. The Labute approximate surface area is 115 Å². The van der Waals surface area contributed by atoms with Crippen LogP contribution in [0.15, 0.2) is 24.3 Å². The number of aryl methyl sites for hydroxylation is 1. The molecule has 2 rings (SSSR count). The quantitative estimate of drug-likeness (QED) is 0.871. The van der Waals surface area contributed by atoms with Gasteiger partial charge < -0.3 is 14.8 Å². The smallest absolute Gasteiger partial charge is 0.350 e. The van der Waals surface area contributed by atoms with Gasteiger partial charge in [-0.2, -0.15) is 0 Å². The number of thiazole rings is 1. The Kier molecular flexibility index (Phi) is 4.01. The second-order valence-electron chi connectivity index (χ2n) is 3.78. The van der Waals surface area contributed by atoms with Crippen molar-refractivity contribution in [3.05, 3.63) is 34.8 Å². The fourth-order valence-electron chi connectivity index (χ4n) is 1.56. The molecule has 1 N–H and O–H groups in total. The number of aromatic nitrogens is 1. The average Bonchev–Trinajstić information content (AvgIpc) is 2.79. The van der Waals surface area contributed by atoms with Gasteiger partial charge in [-0.05, 0) is 19.1 Å². The van der Waals surface area contributed by atoms with E-state index in [4.69, 9.17) is 9.47 Å². The van der Waals surface area contributed by atoms with Gasteiger partial charge in [0.25, 0.3) is 0 Å². The number of esters is 1. The van der Waals surface area contributed by atoms with Gasteiger partial charge in [-0.3, -0.25) is 0 Å². The number of nitrogens with zero attached hydrogens (tertiary/aromatic N) is 1. The summed E-state index contributed by atoms with van der Waals surface area (Å²) in [6.07, 6.45) is 0. The summed E-state index contributed by atoms with van der Waals surface area (Å²) in [5, 5.41) is 3.78. The minimum Gasteiger partial charge on any atom is -0.497 e. The van der Waals surface area contributed by atoms with E-state index in [1.54, 1.807) is 14.0 Å². The van der Waals surface area contributed by atoms with Gasteiger partial charge in [-0.25, -0.2) is 9.78 Å². The molecule has 0 saturated heterocycles. The van der Waals surface area contributed by atoms with E-state index in [1.807, 2.05) is 24.3 Å². The van der Waals surface area contributed by atoms with Crippen LogP contribution in [0.4, 0.5) is 10.8 Å². The highest BCUT2D eigenvalue weighted by Gasteiger charge is 2.15. The molecular weight excluding hydrogens is 264 g/mol. The average molecular weight is 278 g/mol. The van der Waals surface area contributed by atoms with Gasteiger partial charge in [0.2, 0.25) is 0 Å². The highest BCUT2D eigenvalue weighted by atomic mass is 32.1. The standard InChI is InChI=1S/C13H14N2O3S/c1-8-11(12(16)18-3)19-13(14-8)15-9-5-4-6-10(7-9)17-2/h4-7H,1-3H3,(H,14,15). The number of carbonyl (C=O) groups is 1. The lowest BCUT2D eigenvalue weighted by Crippen LogP contribution is -1.99. The molecule has 0 atom stereocenters. The summed E-state index contributed by atoms with van der Waals surface area (Å²) in [5.41, 5.74) is 1.51. The molecule has 19 heavy (non-hydrogen) atoms. The molecule has 0 saturated carbocycles. The highest BCUT2D eigenvalue weighted by molar-refractivity contribution is 7.17. The van der Waals surface area contributed by atoms with Crippen LogP contribution >= 0.6 is 11.3 Å². The van der Waals surface area contributed by atoms with Crippen LogP contribution in [0.3, 0.4) is 0 Å². The molecule has 0 bridgehead atoms. The van der Waals surface area contributed by atoms with E-state index in [2.05, 4.69) is 10.3 Å². The van der Waals surface area contributed by atoms with Crippen molar-refractivity contribution in [1.29, 1.82) is 0 Å². The molecule has 0 amide bonds. The predicted octanol–water partition coefficient (Wildman–Crippen LogP) is 2.99. The molecule has 2 aromatic rings. The van der Waals surface area contributed by atoms with Crippen LogP contribution in [-0.4, -0.2) is 25.2 Å². The van der Waals surface area contributed by atoms with Crippen LogP contribution < -0.4 is 10.1 Å². The Bertz CT molecular complexity index is 595. The number of carbonyl (C=O) groups excluding carboxylic acids is 1. The van der Waals surface area contributed by atoms with Gasteiger partial charge in [0.05, 0.1) is 19.9 Å². The zero-order valence-electron chi connectivity index (χ0n) is 10.9. The van der Waals surface area contributed by atoms with E-state index >= 15 is 0 Å². The van der Waals surface area contributed by atoms with Crippen molar-refractivity contribution in [2.45, 2.75) is 6.92 Å². The van der Waals surface area contributed by atoms with Crippen LogP contribution in [-0.2, 0) is 4.74 Å². The van der Waals surface area contributed by atoms with Crippen LogP contribution in [0.25, 0.3) is 0 Å². The van der Waals surface area contributed by atoms with Gasteiger partial charge >= 0.3 is 5.97 Å². The normalized spacial score (nSPS) is 10.1. The largest absolute Gasteiger partial charge is 0.497 e. The van der Waals surface area contributed by atoms with Crippen molar-refractivity contribution in [1.82, 2.24) is 4.98 Å². The van der Waals surface area contributed by atoms with E-state index in [-0.39, 0.29) is 5.97 Å². The van der Waals surface area contributed by atoms with Crippen molar-refractivity contribution in [3.63, 3.8) is 0 Å². The first-order valence-corrected chi connectivity index (χ1v) is 6.42. The number of benzene rings is 1. The topological polar surface area (TPSA) is 60.5 Å². The maximum Gasteiger partial charge on any atom is 0.350 e. The molecule has 0 aliphatic carbocycles. The molecule has 6 heteroatoms. The Morgan fingerprint density at radius 2 is 2.16 bits per heavy atom. The fourth-order valence-corrected chi connectivity index (χ4v) is 2.46. The number of hydrogen-bond acceptors (Lipinski definition) is 6. The number of methoxy groups -OCH3 is 2. The van der Waals surface area contributed by atoms with Crippen LogP contribution in [0.2, 0.25) is 0 Å². The van der Waals surface area contributed by atoms with Gasteiger partial charge in [0.15, 0.2) is 5.13 Å². The third-order valence-corrected chi connectivity index (χ3v) is 3.54. The van der Waals surface area contributed by atoms with Gasteiger partial charge in [0, 0.05) is 11.8 Å². The SMILES string of the molecule is COC(=O)c1sc(Nc2cccc(OC)c2)nc1C. The summed E-state index contributed by atoms with van der Waals surface area (Å²) in [7, 11) is 2.97. The highest BCUT2D eigenvalue weighted by Crippen LogP contribution is 2.27. The molecule has 0 fully saturated rings. The van der Waals surface area contributed by atoms with Crippen LogP contribution in [0.5, 0.6) is 5.75 Å². The van der Waals surface area contributed by atoms with E-state index in [1.165, 1.54) is 18.4 Å². The number of nitrogens with one attached hydrogen (secondary N) is 1. The van der Waals surface area contributed by atoms with E-state index in [0.717, 1.165) is 11.4 Å². The van der Waals surface area contributed by atoms with E-state index in [9.17, 15) is 4.79 Å². The fraction of sp³-hybridized carbons (Fsp3) is 0.231. The summed E-state index contributed by atoms with van der Waals surface area (Å²) in [6, 6.07) is 7.49. The van der Waals surface area contributed by atoms with Gasteiger partial charge in [-0.15, -0.1) is 0 Å². The maximum absolute atomic E-state index is 11.5. The summed E-state index contributed by atoms with van der Waals surface area (Å²) < 4.78 is 9.85. The third-order valence-electron chi connectivity index (χ3n) is 2.49. The zero-order valence-corrected chi connectivity index (χ0v) is 11.7. The Balaban J connectivity index is 2.21. The molecule has 100 valence electrons. The van der Waals surface area contributed by atoms with Crippen LogP contribution in [0, 0.1) is 6.92 Å². The lowest BCUT2D eigenvalue weighted by Gasteiger charge is -2.04. The monoisotopic (exact) mass is 278 g/mol. The molecular formula is C13H14N2O3S. The van der Waals surface area contributed by atoms with Gasteiger partial charge in [0.1, 0.15) is 10.6 Å². The Morgan fingerprint density at radius 1 is 1.37 bits per heavy atom. The number of anilines is 2.